The summed E-state index contributed by atoms with van der Waals surface area (Å²) < 4.78 is 0. The Morgan fingerprint density at radius 2 is 1.57 bits per heavy atom. The highest BCUT2D eigenvalue weighted by Gasteiger charge is 2.21. The molecule has 0 spiro atoms. The van der Waals surface area contributed by atoms with E-state index in [0.717, 1.165) is 53.9 Å². The molecule has 0 radical (unpaired) electrons. The molecule has 2 aromatic carbocycles. The summed E-state index contributed by atoms with van der Waals surface area (Å²) in [7, 11) is 0. The van der Waals surface area contributed by atoms with Gasteiger partial charge in [-0.25, -0.2) is 0 Å². The van der Waals surface area contributed by atoms with Crippen molar-refractivity contribution in [2.75, 3.05) is 31.1 Å². The van der Waals surface area contributed by atoms with Crippen LogP contribution in [0, 0.1) is 0 Å². The van der Waals surface area contributed by atoms with E-state index in [4.69, 9.17) is 0 Å². The summed E-state index contributed by atoms with van der Waals surface area (Å²) in [6, 6.07) is 18.2. The van der Waals surface area contributed by atoms with Crippen molar-refractivity contribution in [1.29, 1.82) is 0 Å². The number of piperazine rings is 1. The van der Waals surface area contributed by atoms with Crippen LogP contribution in [0.15, 0.2) is 59.4 Å². The van der Waals surface area contributed by atoms with Crippen molar-refractivity contribution >= 4 is 16.6 Å². The molecule has 2 heterocycles. The average Bonchev–Trinajstić information content (AvgIpc) is 2.62. The number of hydrogen-bond acceptors (Lipinski definition) is 3. The first-order valence-electron chi connectivity index (χ1n) is 8.01. The Balaban J connectivity index is 2.04. The lowest BCUT2D eigenvalue weighted by atomic mass is 9.98. The molecule has 0 unspecified atom stereocenters. The second-order valence-electron chi connectivity index (χ2n) is 5.83. The number of pyridine rings is 1. The number of rotatable bonds is 2. The van der Waals surface area contributed by atoms with E-state index in [0.29, 0.717) is 0 Å². The van der Waals surface area contributed by atoms with Gasteiger partial charge >= 0.3 is 0 Å². The Hall–Kier alpha value is -2.59. The molecule has 4 rings (SSSR count). The molecule has 4 nitrogen and oxygen atoms in total. The Bertz CT molecular complexity index is 880. The molecular weight excluding hydrogens is 286 g/mol. The zero-order valence-electron chi connectivity index (χ0n) is 12.9. The van der Waals surface area contributed by atoms with Crippen LogP contribution in [0.25, 0.3) is 22.0 Å². The summed E-state index contributed by atoms with van der Waals surface area (Å²) >= 11 is 0. The van der Waals surface area contributed by atoms with Gasteiger partial charge in [0.1, 0.15) is 5.69 Å². The van der Waals surface area contributed by atoms with E-state index >= 15 is 0 Å². The van der Waals surface area contributed by atoms with E-state index in [-0.39, 0.29) is 5.56 Å². The number of fused-ring (bicyclic) bond motifs is 1. The summed E-state index contributed by atoms with van der Waals surface area (Å²) in [4.78, 5) is 18.1. The third-order valence-corrected chi connectivity index (χ3v) is 4.39. The number of nitrogens with one attached hydrogen (secondary N) is 2. The number of H-pyrrole nitrogens is 1. The average molecular weight is 305 g/mol. The van der Waals surface area contributed by atoms with Gasteiger partial charge in [0.25, 0.3) is 5.56 Å². The summed E-state index contributed by atoms with van der Waals surface area (Å²) in [6.07, 6.45) is 0. The second-order valence-corrected chi connectivity index (χ2v) is 5.83. The number of hydrogen-bond donors (Lipinski definition) is 2. The van der Waals surface area contributed by atoms with Crippen molar-refractivity contribution in [3.05, 3.63) is 65.0 Å². The van der Waals surface area contributed by atoms with Gasteiger partial charge in [0.15, 0.2) is 0 Å². The molecule has 116 valence electrons. The zero-order chi connectivity index (χ0) is 15.6. The highest BCUT2D eigenvalue weighted by molar-refractivity contribution is 6.00. The normalized spacial score (nSPS) is 15.0. The van der Waals surface area contributed by atoms with Crippen molar-refractivity contribution in [1.82, 2.24) is 10.3 Å². The summed E-state index contributed by atoms with van der Waals surface area (Å²) in [5, 5.41) is 4.44. The van der Waals surface area contributed by atoms with Gasteiger partial charge in [-0.3, -0.25) is 4.79 Å². The fourth-order valence-corrected chi connectivity index (χ4v) is 3.32. The Kier molecular flexibility index (Phi) is 3.60. The minimum absolute atomic E-state index is 0.00977. The van der Waals surface area contributed by atoms with Crippen LogP contribution in [0.3, 0.4) is 0 Å². The minimum Gasteiger partial charge on any atom is -0.364 e. The van der Waals surface area contributed by atoms with Gasteiger partial charge in [-0.05, 0) is 11.6 Å². The van der Waals surface area contributed by atoms with Crippen LogP contribution in [0.5, 0.6) is 0 Å². The third-order valence-electron chi connectivity index (χ3n) is 4.39. The Morgan fingerprint density at radius 3 is 2.35 bits per heavy atom. The van der Waals surface area contributed by atoms with Crippen molar-refractivity contribution < 1.29 is 0 Å². The maximum atomic E-state index is 12.8. The molecule has 1 saturated heterocycles. The molecule has 0 aliphatic carbocycles. The highest BCUT2D eigenvalue weighted by atomic mass is 16.1. The number of anilines is 1. The van der Waals surface area contributed by atoms with E-state index < -0.39 is 0 Å². The van der Waals surface area contributed by atoms with E-state index in [1.54, 1.807) is 0 Å². The van der Waals surface area contributed by atoms with Gasteiger partial charge < -0.3 is 15.2 Å². The molecule has 0 atom stereocenters. The predicted octanol–water partition coefficient (Wildman–Crippen LogP) is 2.60. The van der Waals surface area contributed by atoms with E-state index in [1.165, 1.54) is 0 Å². The maximum absolute atomic E-state index is 12.8. The number of para-hydroxylation sites is 1. The van der Waals surface area contributed by atoms with Crippen LogP contribution in [-0.2, 0) is 0 Å². The molecule has 0 bridgehead atoms. The van der Waals surface area contributed by atoms with Gasteiger partial charge in [0.05, 0.1) is 0 Å². The lowest BCUT2D eigenvalue weighted by molar-refractivity contribution is 0.588. The van der Waals surface area contributed by atoms with Crippen LogP contribution in [0.2, 0.25) is 0 Å². The summed E-state index contributed by atoms with van der Waals surface area (Å²) in [5.74, 6) is 0. The molecule has 4 heteroatoms. The lowest BCUT2D eigenvalue weighted by Gasteiger charge is -2.30. The van der Waals surface area contributed by atoms with Crippen LogP contribution in [-0.4, -0.2) is 31.2 Å². The molecule has 23 heavy (non-hydrogen) atoms. The van der Waals surface area contributed by atoms with Crippen LogP contribution >= 0.6 is 0 Å². The largest absolute Gasteiger partial charge is 0.364 e. The molecule has 3 aromatic rings. The minimum atomic E-state index is -0.00977. The highest BCUT2D eigenvalue weighted by Crippen LogP contribution is 2.34. The molecule has 0 saturated carbocycles. The van der Waals surface area contributed by atoms with E-state index in [1.807, 2.05) is 36.4 Å². The summed E-state index contributed by atoms with van der Waals surface area (Å²) in [6.45, 7) is 3.50. The summed E-state index contributed by atoms with van der Waals surface area (Å²) in [5.41, 5.74) is 3.78. The fraction of sp³-hybridized carbons (Fsp3) is 0.211. The van der Waals surface area contributed by atoms with Gasteiger partial charge in [-0.15, -0.1) is 0 Å². The monoisotopic (exact) mass is 305 g/mol. The third kappa shape index (κ3) is 2.51. The van der Waals surface area contributed by atoms with Crippen molar-refractivity contribution in [3.8, 4) is 11.1 Å². The molecule has 1 aromatic heterocycles. The van der Waals surface area contributed by atoms with E-state index in [9.17, 15) is 4.79 Å². The maximum Gasteiger partial charge on any atom is 0.272 e. The SMILES string of the molecule is O=c1[nH]c2ccccc2c(-c2ccccc2)c1N1CCNCC1. The first-order chi connectivity index (χ1) is 11.3. The lowest BCUT2D eigenvalue weighted by Crippen LogP contribution is -2.45. The van der Waals surface area contributed by atoms with Gasteiger partial charge in [0.2, 0.25) is 0 Å². The van der Waals surface area contributed by atoms with Gasteiger partial charge in [-0.1, -0.05) is 48.5 Å². The molecule has 1 fully saturated rings. The number of nitrogens with zero attached hydrogens (tertiary/aromatic N) is 1. The first kappa shape index (κ1) is 14.0. The second kappa shape index (κ2) is 5.89. The topological polar surface area (TPSA) is 48.1 Å². The first-order valence-corrected chi connectivity index (χ1v) is 8.01. The van der Waals surface area contributed by atoms with Crippen molar-refractivity contribution in [2.45, 2.75) is 0 Å². The molecule has 1 aliphatic rings. The molecular formula is C19H19N3O. The van der Waals surface area contributed by atoms with E-state index in [2.05, 4.69) is 33.4 Å². The number of aromatic amines is 1. The van der Waals surface area contributed by atoms with Gasteiger partial charge in [-0.2, -0.15) is 0 Å². The number of benzene rings is 2. The Labute approximate surface area is 134 Å². The van der Waals surface area contributed by atoms with Crippen molar-refractivity contribution in [3.63, 3.8) is 0 Å². The molecule has 2 N–H and O–H groups in total. The Morgan fingerprint density at radius 1 is 0.870 bits per heavy atom. The van der Waals surface area contributed by atoms with Crippen LogP contribution < -0.4 is 15.8 Å². The zero-order valence-corrected chi connectivity index (χ0v) is 12.9. The van der Waals surface area contributed by atoms with Gasteiger partial charge in [0, 0.05) is 42.6 Å². The smallest absolute Gasteiger partial charge is 0.272 e. The quantitative estimate of drug-likeness (QED) is 0.765. The fourth-order valence-electron chi connectivity index (χ4n) is 3.32. The van der Waals surface area contributed by atoms with Crippen molar-refractivity contribution in [2.24, 2.45) is 0 Å². The molecule has 0 amide bonds. The molecule has 1 aliphatic heterocycles. The van der Waals surface area contributed by atoms with Crippen LogP contribution in [0.4, 0.5) is 5.69 Å². The predicted molar refractivity (Wildman–Crippen MR) is 95.1 cm³/mol. The number of aromatic nitrogens is 1. The standard InChI is InChI=1S/C19H19N3O/c23-19-18(22-12-10-20-11-13-22)17(14-6-2-1-3-7-14)15-8-4-5-9-16(15)21-19/h1-9,20H,10-13H2,(H,21,23). The van der Waals surface area contributed by atoms with Crippen LogP contribution in [0.1, 0.15) is 0 Å².